The van der Waals surface area contributed by atoms with Crippen molar-refractivity contribution in [3.63, 3.8) is 0 Å². The zero-order chi connectivity index (χ0) is 22.9. The summed E-state index contributed by atoms with van der Waals surface area (Å²) in [5.41, 5.74) is 1.38. The summed E-state index contributed by atoms with van der Waals surface area (Å²) in [6.45, 7) is 1.57. The van der Waals surface area contributed by atoms with Crippen LogP contribution in [0.3, 0.4) is 0 Å². The molecule has 1 amide bonds. The number of amides is 1. The smallest absolute Gasteiger partial charge is 0.427 e. The lowest BCUT2D eigenvalue weighted by Crippen LogP contribution is -2.36. The summed E-state index contributed by atoms with van der Waals surface area (Å²) >= 11 is 13.0. The summed E-state index contributed by atoms with van der Waals surface area (Å²) < 4.78 is 54.4. The molecule has 7 nitrogen and oxygen atoms in total. The average molecular weight is 508 g/mol. The second-order valence-corrected chi connectivity index (χ2v) is 9.51. The maximum atomic E-state index is 14.8. The number of anilines is 2. The first-order valence-corrected chi connectivity index (χ1v) is 11.5. The highest BCUT2D eigenvalue weighted by Gasteiger charge is 2.35. The maximum absolute atomic E-state index is 14.8. The summed E-state index contributed by atoms with van der Waals surface area (Å²) in [5.74, 6) is -2.21. The second kappa shape index (κ2) is 8.95. The predicted octanol–water partition coefficient (Wildman–Crippen LogP) is 5.77. The molecule has 0 aliphatic carbocycles. The number of hydrogen-bond acceptors (Lipinski definition) is 6. The number of sulfonamides is 1. The largest absolute Gasteiger partial charge is 0.464 e. The van der Waals surface area contributed by atoms with Crippen molar-refractivity contribution in [2.24, 2.45) is 0 Å². The van der Waals surface area contributed by atoms with Crippen LogP contribution in [0.15, 0.2) is 46.1 Å². The maximum Gasteiger partial charge on any atom is 0.427 e. The van der Waals surface area contributed by atoms with Crippen LogP contribution in [0.2, 0.25) is 10.0 Å². The minimum absolute atomic E-state index is 0.0273. The van der Waals surface area contributed by atoms with E-state index in [0.717, 1.165) is 23.5 Å². The van der Waals surface area contributed by atoms with E-state index in [1.807, 2.05) is 0 Å². The van der Waals surface area contributed by atoms with Crippen LogP contribution in [0.1, 0.15) is 18.5 Å². The van der Waals surface area contributed by atoms with Gasteiger partial charge in [0.15, 0.2) is 5.82 Å². The van der Waals surface area contributed by atoms with Crippen molar-refractivity contribution in [2.75, 3.05) is 9.62 Å². The van der Waals surface area contributed by atoms with E-state index >= 15 is 0 Å². The molecule has 13 heteroatoms. The third-order valence-electron chi connectivity index (χ3n) is 4.14. The Kier molecular flexibility index (Phi) is 6.70. The fourth-order valence-corrected chi connectivity index (χ4v) is 5.09. The number of halogens is 4. The molecule has 0 spiro atoms. The Morgan fingerprint density at radius 2 is 1.94 bits per heavy atom. The van der Waals surface area contributed by atoms with Gasteiger partial charge in [-0.2, -0.15) is 0 Å². The average Bonchev–Trinajstić information content (AvgIpc) is 3.19. The van der Waals surface area contributed by atoms with Crippen LogP contribution in [-0.2, 0) is 10.0 Å². The van der Waals surface area contributed by atoms with Gasteiger partial charge in [-0.3, -0.25) is 0 Å². The Bertz CT molecular complexity index is 1240. The Labute approximate surface area is 189 Å². The molecule has 0 radical (unpaired) electrons. The number of rotatable bonds is 6. The summed E-state index contributed by atoms with van der Waals surface area (Å²) in [5, 5.41) is 13.4. The minimum atomic E-state index is -4.87. The Morgan fingerprint density at radius 3 is 2.55 bits per heavy atom. The Hall–Kier alpha value is -2.47. The Morgan fingerprint density at radius 1 is 1.23 bits per heavy atom. The molecule has 31 heavy (non-hydrogen) atoms. The van der Waals surface area contributed by atoms with Gasteiger partial charge in [-0.15, -0.1) is 15.6 Å². The van der Waals surface area contributed by atoms with Crippen molar-refractivity contribution in [1.82, 2.24) is 4.98 Å². The van der Waals surface area contributed by atoms with Crippen molar-refractivity contribution in [1.29, 1.82) is 0 Å². The zero-order valence-electron chi connectivity index (χ0n) is 15.5. The van der Waals surface area contributed by atoms with Gasteiger partial charge in [0.2, 0.25) is 0 Å². The van der Waals surface area contributed by atoms with Gasteiger partial charge >= 0.3 is 6.09 Å². The van der Waals surface area contributed by atoms with E-state index in [1.165, 1.54) is 29.1 Å². The van der Waals surface area contributed by atoms with E-state index in [0.29, 0.717) is 5.02 Å². The van der Waals surface area contributed by atoms with E-state index in [4.69, 9.17) is 23.2 Å². The fourth-order valence-electron chi connectivity index (χ4n) is 2.72. The van der Waals surface area contributed by atoms with Gasteiger partial charge < -0.3 is 10.4 Å². The summed E-state index contributed by atoms with van der Waals surface area (Å²) in [6, 6.07) is 4.79. The molecule has 1 aromatic heterocycles. The third-order valence-corrected chi connectivity index (χ3v) is 6.95. The summed E-state index contributed by atoms with van der Waals surface area (Å²) in [4.78, 5) is 14.2. The highest BCUT2D eigenvalue weighted by atomic mass is 35.5. The molecule has 3 rings (SSSR count). The lowest BCUT2D eigenvalue weighted by molar-refractivity contribution is 0.206. The van der Waals surface area contributed by atoms with E-state index in [2.05, 4.69) is 10.3 Å². The second-order valence-electron chi connectivity index (χ2n) is 6.19. The molecular weight excluding hydrogens is 495 g/mol. The van der Waals surface area contributed by atoms with Crippen molar-refractivity contribution < 1.29 is 27.1 Å². The molecule has 3 aromatic rings. The highest BCUT2D eigenvalue weighted by Crippen LogP contribution is 2.34. The standard InChI is InChI=1S/C18H13Cl2F2N3O4S2/c1-9(11-4-10(19)2-3-13(11)21)24-15-6-14(22)16(5-12(15)20)31(28,29)25(18(26)27)17-7-30-8-23-17/h2-9,24H,1H3,(H,26,27). The van der Waals surface area contributed by atoms with Crippen molar-refractivity contribution in [3.8, 4) is 0 Å². The van der Waals surface area contributed by atoms with Gasteiger partial charge in [0.05, 0.1) is 22.3 Å². The van der Waals surface area contributed by atoms with Gasteiger partial charge in [-0.05, 0) is 37.3 Å². The molecule has 0 fully saturated rings. The first-order valence-electron chi connectivity index (χ1n) is 8.39. The first kappa shape index (κ1) is 23.2. The van der Waals surface area contributed by atoms with Crippen molar-refractivity contribution >= 4 is 62.2 Å². The lowest BCUT2D eigenvalue weighted by Gasteiger charge is -2.20. The van der Waals surface area contributed by atoms with Crippen LogP contribution in [0.4, 0.5) is 25.1 Å². The molecular formula is C18H13Cl2F2N3O4S2. The molecule has 0 saturated carbocycles. The molecule has 0 bridgehead atoms. The van der Waals surface area contributed by atoms with Crippen LogP contribution >= 0.6 is 34.5 Å². The molecule has 2 N–H and O–H groups in total. The third kappa shape index (κ3) is 4.74. The van der Waals surface area contributed by atoms with Crippen molar-refractivity contribution in [2.45, 2.75) is 17.9 Å². The van der Waals surface area contributed by atoms with E-state index in [-0.39, 0.29) is 20.6 Å². The summed E-state index contributed by atoms with van der Waals surface area (Å²) in [6.07, 6.45) is -1.87. The SMILES string of the molecule is CC(Nc1cc(F)c(S(=O)(=O)N(C(=O)O)c2cscn2)cc1Cl)c1cc(Cl)ccc1F. The predicted molar refractivity (Wildman–Crippen MR) is 115 cm³/mol. The highest BCUT2D eigenvalue weighted by molar-refractivity contribution is 7.93. The quantitative estimate of drug-likeness (QED) is 0.438. The molecule has 1 heterocycles. The topological polar surface area (TPSA) is 99.6 Å². The number of carbonyl (C=O) groups is 1. The molecule has 1 unspecified atom stereocenters. The van der Waals surface area contributed by atoms with Gasteiger partial charge in [0, 0.05) is 16.0 Å². The molecule has 164 valence electrons. The number of hydrogen-bond donors (Lipinski definition) is 2. The van der Waals surface area contributed by atoms with Crippen LogP contribution in [0.5, 0.6) is 0 Å². The number of aromatic nitrogens is 1. The monoisotopic (exact) mass is 507 g/mol. The van der Waals surface area contributed by atoms with Crippen molar-refractivity contribution in [3.05, 3.63) is 68.5 Å². The number of nitrogens with one attached hydrogen (secondary N) is 1. The van der Waals surface area contributed by atoms with Crippen LogP contribution in [0.25, 0.3) is 0 Å². The van der Waals surface area contributed by atoms with Gasteiger partial charge in [0.1, 0.15) is 16.5 Å². The van der Waals surface area contributed by atoms with Gasteiger partial charge in [-0.1, -0.05) is 23.2 Å². The number of carboxylic acid groups (broad SMARTS) is 1. The number of thiazole rings is 1. The number of benzene rings is 2. The zero-order valence-corrected chi connectivity index (χ0v) is 18.7. The van der Waals surface area contributed by atoms with Gasteiger partial charge in [-0.25, -0.2) is 27.0 Å². The van der Waals surface area contributed by atoms with Crippen LogP contribution < -0.4 is 9.62 Å². The molecule has 1 atom stereocenters. The number of nitrogens with zero attached hydrogens (tertiary/aromatic N) is 2. The van der Waals surface area contributed by atoms with E-state index in [1.54, 1.807) is 6.92 Å². The molecule has 0 aliphatic rings. The van der Waals surface area contributed by atoms with Crippen LogP contribution in [0, 0.1) is 11.6 Å². The fraction of sp³-hybridized carbons (Fsp3) is 0.111. The van der Waals surface area contributed by atoms with E-state index < -0.39 is 44.5 Å². The van der Waals surface area contributed by atoms with Gasteiger partial charge in [0.25, 0.3) is 10.0 Å². The minimum Gasteiger partial charge on any atom is -0.464 e. The normalized spacial score (nSPS) is 12.4. The van der Waals surface area contributed by atoms with E-state index in [9.17, 15) is 27.1 Å². The molecule has 2 aromatic carbocycles. The first-order chi connectivity index (χ1) is 14.5. The molecule has 0 saturated heterocycles. The lowest BCUT2D eigenvalue weighted by atomic mass is 10.1. The van der Waals surface area contributed by atoms with Crippen LogP contribution in [-0.4, -0.2) is 24.6 Å². The Balaban J connectivity index is 1.98. The molecule has 0 aliphatic heterocycles. The summed E-state index contributed by atoms with van der Waals surface area (Å²) in [7, 11) is -4.87.